The lowest BCUT2D eigenvalue weighted by Gasteiger charge is -2.40. The number of benzene rings is 3. The normalized spacial score (nSPS) is 17.7. The largest absolute Gasteiger partial charge is 0.416 e. The van der Waals surface area contributed by atoms with Crippen molar-refractivity contribution in [2.24, 2.45) is 0 Å². The molecule has 1 amide bonds. The Balaban J connectivity index is 1.53. The van der Waals surface area contributed by atoms with Gasteiger partial charge in [0.1, 0.15) is 0 Å². The fourth-order valence-electron chi connectivity index (χ4n) is 6.87. The van der Waals surface area contributed by atoms with Gasteiger partial charge in [-0.15, -0.1) is 0 Å². The van der Waals surface area contributed by atoms with E-state index in [0.717, 1.165) is 44.1 Å². The van der Waals surface area contributed by atoms with Crippen molar-refractivity contribution in [1.82, 2.24) is 24.8 Å². The molecule has 2 saturated heterocycles. The van der Waals surface area contributed by atoms with Gasteiger partial charge in [0.15, 0.2) is 6.04 Å². The van der Waals surface area contributed by atoms with Crippen molar-refractivity contribution < 1.29 is 44.3 Å². The molecule has 1 atom stereocenters. The molecule has 2 aliphatic rings. The molecule has 9 nitrogen and oxygen atoms in total. The van der Waals surface area contributed by atoms with Crippen LogP contribution in [0.2, 0.25) is 0 Å². The number of amides is 1. The number of carbonyl (C=O) groups is 1. The maximum atomic E-state index is 14.6. The number of nitrogens with zero attached hydrogens (tertiary/aromatic N) is 3. The predicted octanol–water partition coefficient (Wildman–Crippen LogP) is 6.16. The second-order valence-corrected chi connectivity index (χ2v) is 14.7. The zero-order valence-electron chi connectivity index (χ0n) is 28.1. The van der Waals surface area contributed by atoms with Crippen LogP contribution in [0.3, 0.4) is 0 Å². The smallest absolute Gasteiger partial charge is 0.379 e. The van der Waals surface area contributed by atoms with Crippen LogP contribution in [0.5, 0.6) is 0 Å². The van der Waals surface area contributed by atoms with Gasteiger partial charge in [0.05, 0.1) is 40.4 Å². The van der Waals surface area contributed by atoms with Gasteiger partial charge in [0.2, 0.25) is 10.0 Å². The fourth-order valence-corrected chi connectivity index (χ4v) is 7.63. The van der Waals surface area contributed by atoms with E-state index < -0.39 is 39.9 Å². The third kappa shape index (κ3) is 8.26. The summed E-state index contributed by atoms with van der Waals surface area (Å²) in [5.41, 5.74) is -1.51. The molecular formula is C36H37F6N5O4S. The number of likely N-dealkylation sites (tertiary alicyclic amines) is 1. The number of carbonyl (C=O) groups excluding carboxylic acids is 1. The van der Waals surface area contributed by atoms with Crippen LogP contribution < -0.4 is 10.0 Å². The van der Waals surface area contributed by atoms with Crippen LogP contribution in [-0.2, 0) is 27.5 Å². The number of fused-ring (bicyclic) bond motifs is 1. The molecule has 1 aromatic heterocycles. The summed E-state index contributed by atoms with van der Waals surface area (Å²) in [6.45, 7) is 3.78. The zero-order chi connectivity index (χ0) is 37.3. The minimum atomic E-state index is -4.94. The highest BCUT2D eigenvalue weighted by Crippen LogP contribution is 2.38. The van der Waals surface area contributed by atoms with Crippen molar-refractivity contribution in [2.75, 3.05) is 46.4 Å². The molecule has 16 heteroatoms. The molecule has 278 valence electrons. The molecule has 6 rings (SSSR count). The highest BCUT2D eigenvalue weighted by molar-refractivity contribution is 7.89. The summed E-state index contributed by atoms with van der Waals surface area (Å²) >= 11 is 0. The number of nitrogens with one attached hydrogen (secondary N) is 2. The van der Waals surface area contributed by atoms with Crippen molar-refractivity contribution in [2.45, 2.75) is 48.7 Å². The van der Waals surface area contributed by atoms with Gasteiger partial charge in [-0.25, -0.2) is 18.1 Å². The molecule has 0 unspecified atom stereocenters. The van der Waals surface area contributed by atoms with Gasteiger partial charge in [-0.2, -0.15) is 26.3 Å². The first-order valence-corrected chi connectivity index (χ1v) is 18.2. The molecule has 4 aromatic rings. The molecule has 2 aliphatic heterocycles. The van der Waals surface area contributed by atoms with Crippen LogP contribution >= 0.6 is 0 Å². The number of sulfonamides is 1. The molecule has 3 heterocycles. The Bertz CT molecular complexity index is 2010. The number of pyridine rings is 1. The molecule has 2 N–H and O–H groups in total. The monoisotopic (exact) mass is 749 g/mol. The standard InChI is InChI=1S/C36H37F6N5O4S/c1-43-52(49,50)27-10-11-30-28(21-27)31(34(48)45-33(36(40,41)42)23-6-3-2-4-7-23)29(32(44-30)24-8-5-9-25(20-24)35(37,38)39)22-46-14-12-26(13-15-46)47-16-18-51-19-17-47/h2-11,20-21,26,33,43H,12-19,22H2,1H3,(H,45,48)/t33-/m1/s1. The molecule has 52 heavy (non-hydrogen) atoms. The Labute approximate surface area is 297 Å². The Morgan fingerprint density at radius 2 is 1.62 bits per heavy atom. The number of hydrogen-bond acceptors (Lipinski definition) is 7. The summed E-state index contributed by atoms with van der Waals surface area (Å²) < 4.78 is 119. The maximum absolute atomic E-state index is 14.6. The van der Waals surface area contributed by atoms with Gasteiger partial charge in [0.25, 0.3) is 5.91 Å². The van der Waals surface area contributed by atoms with E-state index in [2.05, 4.69) is 19.9 Å². The van der Waals surface area contributed by atoms with Gasteiger partial charge < -0.3 is 10.1 Å². The van der Waals surface area contributed by atoms with E-state index in [1.54, 1.807) is 0 Å². The van der Waals surface area contributed by atoms with Crippen molar-refractivity contribution in [3.63, 3.8) is 0 Å². The molecule has 0 aliphatic carbocycles. The number of rotatable bonds is 9. The molecule has 3 aromatic carbocycles. The number of halogens is 6. The van der Waals surface area contributed by atoms with E-state index in [1.807, 2.05) is 4.90 Å². The Kier molecular flexibility index (Phi) is 10.9. The predicted molar refractivity (Wildman–Crippen MR) is 182 cm³/mol. The topological polar surface area (TPSA) is 104 Å². The van der Waals surface area contributed by atoms with Crippen LogP contribution in [-0.4, -0.2) is 87.8 Å². The van der Waals surface area contributed by atoms with Crippen molar-refractivity contribution in [3.05, 3.63) is 95.1 Å². The first-order valence-electron chi connectivity index (χ1n) is 16.7. The van der Waals surface area contributed by atoms with Crippen LogP contribution in [0.1, 0.15) is 45.9 Å². The second kappa shape index (κ2) is 15.1. The van der Waals surface area contributed by atoms with Crippen LogP contribution in [0.25, 0.3) is 22.2 Å². The summed E-state index contributed by atoms with van der Waals surface area (Å²) in [5, 5.41) is 2.05. The second-order valence-electron chi connectivity index (χ2n) is 12.8. The Morgan fingerprint density at radius 3 is 2.25 bits per heavy atom. The average Bonchev–Trinajstić information content (AvgIpc) is 3.13. The highest BCUT2D eigenvalue weighted by atomic mass is 32.2. The van der Waals surface area contributed by atoms with E-state index >= 15 is 0 Å². The third-order valence-electron chi connectivity index (χ3n) is 9.56. The van der Waals surface area contributed by atoms with E-state index in [4.69, 9.17) is 4.74 Å². The van der Waals surface area contributed by atoms with E-state index in [1.165, 1.54) is 61.6 Å². The van der Waals surface area contributed by atoms with Gasteiger partial charge in [0, 0.05) is 42.2 Å². The van der Waals surface area contributed by atoms with Crippen molar-refractivity contribution in [3.8, 4) is 11.3 Å². The first kappa shape index (κ1) is 37.7. The van der Waals surface area contributed by atoms with E-state index in [9.17, 15) is 39.6 Å². The number of aromatic nitrogens is 1. The summed E-state index contributed by atoms with van der Waals surface area (Å²) in [7, 11) is -2.92. The third-order valence-corrected chi connectivity index (χ3v) is 11.0. The first-order chi connectivity index (χ1) is 24.7. The lowest BCUT2D eigenvalue weighted by Crippen LogP contribution is -2.48. The SMILES string of the molecule is CNS(=O)(=O)c1ccc2nc(-c3cccc(C(F)(F)F)c3)c(CN3CCC(N4CCOCC4)CC3)c(C(=O)N[C@H](c3ccccc3)C(F)(F)F)c2c1. The lowest BCUT2D eigenvalue weighted by atomic mass is 9.93. The summed E-state index contributed by atoms with van der Waals surface area (Å²) in [6, 6.07) is 12.5. The minimum absolute atomic E-state index is 0.00524. The molecule has 0 saturated carbocycles. The summed E-state index contributed by atoms with van der Waals surface area (Å²) in [6.07, 6.45) is -8.20. The number of morpholine rings is 1. The quantitative estimate of drug-likeness (QED) is 0.198. The van der Waals surface area contributed by atoms with E-state index in [0.29, 0.717) is 26.3 Å². The fraction of sp³-hybridized carbons (Fsp3) is 0.389. The maximum Gasteiger partial charge on any atom is 0.416 e. The number of alkyl halides is 6. The molecule has 2 fully saturated rings. The van der Waals surface area contributed by atoms with Crippen LogP contribution in [0.15, 0.2) is 77.7 Å². The average molecular weight is 750 g/mol. The van der Waals surface area contributed by atoms with Crippen LogP contribution in [0.4, 0.5) is 26.3 Å². The van der Waals surface area contributed by atoms with E-state index in [-0.39, 0.29) is 56.3 Å². The lowest BCUT2D eigenvalue weighted by molar-refractivity contribution is -0.155. The van der Waals surface area contributed by atoms with Gasteiger partial charge in [-0.05, 0) is 68.9 Å². The zero-order valence-corrected chi connectivity index (χ0v) is 28.9. The molecule has 0 spiro atoms. The molecular weight excluding hydrogens is 712 g/mol. The van der Waals surface area contributed by atoms with Gasteiger partial charge in [-0.1, -0.05) is 42.5 Å². The summed E-state index contributed by atoms with van der Waals surface area (Å²) in [4.78, 5) is 23.1. The van der Waals surface area contributed by atoms with Crippen molar-refractivity contribution in [1.29, 1.82) is 0 Å². The highest BCUT2D eigenvalue weighted by Gasteiger charge is 2.43. The van der Waals surface area contributed by atoms with Gasteiger partial charge in [-0.3, -0.25) is 14.6 Å². The molecule has 0 bridgehead atoms. The van der Waals surface area contributed by atoms with Gasteiger partial charge >= 0.3 is 12.4 Å². The Morgan fingerprint density at radius 1 is 0.923 bits per heavy atom. The minimum Gasteiger partial charge on any atom is -0.379 e. The number of ether oxygens (including phenoxy) is 1. The Hall–Kier alpha value is -4.09. The van der Waals surface area contributed by atoms with Crippen molar-refractivity contribution >= 4 is 26.8 Å². The van der Waals surface area contributed by atoms with Crippen LogP contribution in [0, 0.1) is 0 Å². The summed E-state index contributed by atoms with van der Waals surface area (Å²) in [5.74, 6) is -1.19. The number of hydrogen-bond donors (Lipinski definition) is 2. The number of piperidine rings is 1. The molecule has 0 radical (unpaired) electrons.